The number of nitrogens with zero attached hydrogens (tertiary/aromatic N) is 1. The number of carbonyl (C=O) groups excluding carboxylic acids is 2. The third-order valence-electron chi connectivity index (χ3n) is 6.91. The summed E-state index contributed by atoms with van der Waals surface area (Å²) in [5.41, 5.74) is 0.408. The smallest absolute Gasteiger partial charge is 0.309 e. The van der Waals surface area contributed by atoms with E-state index in [4.69, 9.17) is 4.74 Å². The highest BCUT2D eigenvalue weighted by Crippen LogP contribution is 2.60. The van der Waals surface area contributed by atoms with Crippen molar-refractivity contribution in [3.63, 3.8) is 0 Å². The van der Waals surface area contributed by atoms with Gasteiger partial charge in [-0.2, -0.15) is 0 Å². The second-order valence-electron chi connectivity index (χ2n) is 8.86. The van der Waals surface area contributed by atoms with Crippen LogP contribution in [-0.4, -0.2) is 37.0 Å². The fraction of sp³-hybridized carbons (Fsp3) is 0.895. The Balaban J connectivity index is 1.31. The number of rotatable bonds is 5. The van der Waals surface area contributed by atoms with E-state index in [1.165, 1.54) is 38.5 Å². The van der Waals surface area contributed by atoms with Crippen LogP contribution >= 0.6 is 0 Å². The monoisotopic (exact) mass is 319 g/mol. The molecule has 0 aromatic rings. The Morgan fingerprint density at radius 2 is 1.78 bits per heavy atom. The molecule has 1 heterocycles. The molecule has 0 aromatic heterocycles. The topological polar surface area (TPSA) is 46.6 Å². The first-order valence-electron chi connectivity index (χ1n) is 9.44. The van der Waals surface area contributed by atoms with Gasteiger partial charge in [0.2, 0.25) is 5.91 Å². The molecule has 0 radical (unpaired) electrons. The Hall–Kier alpha value is -1.06. The first-order valence-corrected chi connectivity index (χ1v) is 9.44. The van der Waals surface area contributed by atoms with Crippen molar-refractivity contribution < 1.29 is 14.3 Å². The number of esters is 1. The number of ether oxygens (including phenoxy) is 1. The maximum atomic E-state index is 12.5. The third-order valence-corrected chi connectivity index (χ3v) is 6.91. The van der Waals surface area contributed by atoms with Crippen LogP contribution < -0.4 is 0 Å². The number of hydrogen-bond donors (Lipinski definition) is 0. The van der Waals surface area contributed by atoms with Gasteiger partial charge in [-0.25, -0.2) is 0 Å². The number of cyclic esters (lactones) is 1. The summed E-state index contributed by atoms with van der Waals surface area (Å²) in [6, 6.07) is 0. The van der Waals surface area contributed by atoms with Crippen LogP contribution in [0.4, 0.5) is 0 Å². The van der Waals surface area contributed by atoms with Crippen molar-refractivity contribution in [2.75, 3.05) is 20.2 Å². The van der Waals surface area contributed by atoms with E-state index in [9.17, 15) is 9.59 Å². The first kappa shape index (κ1) is 15.5. The maximum absolute atomic E-state index is 12.5. The number of carbonyl (C=O) groups is 2. The second-order valence-corrected chi connectivity index (χ2v) is 8.86. The first-order chi connectivity index (χ1) is 11.0. The highest BCUT2D eigenvalue weighted by molar-refractivity contribution is 5.78. The number of amides is 1. The van der Waals surface area contributed by atoms with E-state index in [0.717, 1.165) is 30.7 Å². The minimum absolute atomic E-state index is 0.0492. The van der Waals surface area contributed by atoms with Gasteiger partial charge in [-0.1, -0.05) is 0 Å². The van der Waals surface area contributed by atoms with Crippen LogP contribution in [0.15, 0.2) is 0 Å². The second kappa shape index (κ2) is 5.78. The summed E-state index contributed by atoms with van der Waals surface area (Å²) in [5, 5.41) is 0. The summed E-state index contributed by atoms with van der Waals surface area (Å²) in [4.78, 5) is 26.0. The van der Waals surface area contributed by atoms with Crippen molar-refractivity contribution in [1.82, 2.24) is 4.90 Å². The standard InChI is InChI=1S/C19H29NO3/c1-20(17(21)3-2-16-4-5-23-18(16)22)12-19-9-13-6-14(10-19)8-15(7-13)11-19/h13-16H,2-12H2,1H3/t13?,14?,15?,16-,19?/m0/s1. The van der Waals surface area contributed by atoms with Gasteiger partial charge >= 0.3 is 5.97 Å². The molecule has 0 N–H and O–H groups in total. The van der Waals surface area contributed by atoms with Crippen LogP contribution in [0, 0.1) is 29.1 Å². The summed E-state index contributed by atoms with van der Waals surface area (Å²) < 4.78 is 4.99. The molecule has 4 aliphatic carbocycles. The van der Waals surface area contributed by atoms with Crippen LogP contribution in [0.5, 0.6) is 0 Å². The number of hydrogen-bond acceptors (Lipinski definition) is 3. The summed E-state index contributed by atoms with van der Waals surface area (Å²) in [6.45, 7) is 1.46. The molecule has 5 aliphatic rings. The Kier molecular flexibility index (Phi) is 3.89. The fourth-order valence-corrected chi connectivity index (χ4v) is 6.36. The minimum Gasteiger partial charge on any atom is -0.465 e. The van der Waals surface area contributed by atoms with E-state index >= 15 is 0 Å². The fourth-order valence-electron chi connectivity index (χ4n) is 6.36. The molecule has 1 saturated heterocycles. The van der Waals surface area contributed by atoms with Crippen molar-refractivity contribution in [3.8, 4) is 0 Å². The molecule has 5 rings (SSSR count). The molecule has 1 aliphatic heterocycles. The van der Waals surface area contributed by atoms with Crippen LogP contribution in [-0.2, 0) is 14.3 Å². The lowest BCUT2D eigenvalue weighted by Gasteiger charge is -2.57. The average molecular weight is 319 g/mol. The molecule has 1 atom stereocenters. The van der Waals surface area contributed by atoms with Gasteiger partial charge in [0, 0.05) is 20.0 Å². The minimum atomic E-state index is -0.110. The largest absolute Gasteiger partial charge is 0.465 e. The maximum Gasteiger partial charge on any atom is 0.309 e. The predicted octanol–water partition coefficient (Wildman–Crippen LogP) is 3.00. The van der Waals surface area contributed by atoms with E-state index < -0.39 is 0 Å². The molecule has 23 heavy (non-hydrogen) atoms. The highest BCUT2D eigenvalue weighted by atomic mass is 16.5. The van der Waals surface area contributed by atoms with E-state index in [1.54, 1.807) is 0 Å². The van der Waals surface area contributed by atoms with Crippen LogP contribution in [0.3, 0.4) is 0 Å². The van der Waals surface area contributed by atoms with Gasteiger partial charge in [0.05, 0.1) is 12.5 Å². The molecule has 4 heteroatoms. The van der Waals surface area contributed by atoms with E-state index in [0.29, 0.717) is 24.9 Å². The van der Waals surface area contributed by atoms with Crippen LogP contribution in [0.25, 0.3) is 0 Å². The van der Waals surface area contributed by atoms with Crippen molar-refractivity contribution in [2.24, 2.45) is 29.1 Å². The molecule has 1 amide bonds. The SMILES string of the molecule is CN(CC12CC3CC(CC(C3)C1)C2)C(=O)CC[C@H]1CCOC1=O. The van der Waals surface area contributed by atoms with Gasteiger partial charge in [-0.15, -0.1) is 0 Å². The van der Waals surface area contributed by atoms with Crippen molar-refractivity contribution in [1.29, 1.82) is 0 Å². The van der Waals surface area contributed by atoms with Crippen LogP contribution in [0.1, 0.15) is 57.8 Å². The zero-order chi connectivity index (χ0) is 16.0. The van der Waals surface area contributed by atoms with Crippen molar-refractivity contribution in [3.05, 3.63) is 0 Å². The quantitative estimate of drug-likeness (QED) is 0.732. The molecule has 4 nitrogen and oxygen atoms in total. The Morgan fingerprint density at radius 3 is 2.30 bits per heavy atom. The molecule has 0 spiro atoms. The lowest BCUT2D eigenvalue weighted by Crippen LogP contribution is -2.51. The molecule has 0 unspecified atom stereocenters. The zero-order valence-corrected chi connectivity index (χ0v) is 14.3. The Morgan fingerprint density at radius 1 is 1.17 bits per heavy atom. The van der Waals surface area contributed by atoms with Crippen molar-refractivity contribution >= 4 is 11.9 Å². The summed E-state index contributed by atoms with van der Waals surface area (Å²) in [5.74, 6) is 2.84. The predicted molar refractivity (Wildman–Crippen MR) is 86.5 cm³/mol. The Bertz CT molecular complexity index is 466. The molecule has 4 bridgehead atoms. The lowest BCUT2D eigenvalue weighted by molar-refractivity contribution is -0.141. The van der Waals surface area contributed by atoms with Gasteiger partial charge < -0.3 is 9.64 Å². The van der Waals surface area contributed by atoms with Crippen LogP contribution in [0.2, 0.25) is 0 Å². The third kappa shape index (κ3) is 3.01. The van der Waals surface area contributed by atoms with Gasteiger partial charge in [0.15, 0.2) is 0 Å². The van der Waals surface area contributed by atoms with Crippen molar-refractivity contribution in [2.45, 2.75) is 57.8 Å². The summed E-state index contributed by atoms with van der Waals surface area (Å²) in [6.07, 6.45) is 10.3. The molecule has 5 fully saturated rings. The van der Waals surface area contributed by atoms with Gasteiger partial charge in [-0.3, -0.25) is 9.59 Å². The normalized spacial score (nSPS) is 41.2. The van der Waals surface area contributed by atoms with Gasteiger partial charge in [0.1, 0.15) is 0 Å². The highest BCUT2D eigenvalue weighted by Gasteiger charge is 2.51. The lowest BCUT2D eigenvalue weighted by atomic mass is 9.49. The zero-order valence-electron chi connectivity index (χ0n) is 14.3. The summed E-state index contributed by atoms with van der Waals surface area (Å²) in [7, 11) is 1.97. The Labute approximate surface area is 138 Å². The molecular formula is C19H29NO3. The van der Waals surface area contributed by atoms with Gasteiger partial charge in [0.25, 0.3) is 0 Å². The average Bonchev–Trinajstić information content (AvgIpc) is 2.88. The molecule has 128 valence electrons. The summed E-state index contributed by atoms with van der Waals surface area (Å²) >= 11 is 0. The molecule has 4 saturated carbocycles. The van der Waals surface area contributed by atoms with E-state index in [1.807, 2.05) is 11.9 Å². The molecule has 0 aromatic carbocycles. The van der Waals surface area contributed by atoms with E-state index in [-0.39, 0.29) is 17.8 Å². The van der Waals surface area contributed by atoms with Gasteiger partial charge in [-0.05, 0) is 74.5 Å². The van der Waals surface area contributed by atoms with E-state index in [2.05, 4.69) is 0 Å². The molecular weight excluding hydrogens is 290 g/mol.